The Labute approximate surface area is 299 Å². The van der Waals surface area contributed by atoms with E-state index >= 15 is 4.79 Å². The van der Waals surface area contributed by atoms with Crippen LogP contribution in [0, 0.1) is 17.3 Å². The molecule has 0 radical (unpaired) electrons. The molecule has 1 unspecified atom stereocenters. The minimum atomic E-state index is -1.32. The average molecular weight is 745 g/mol. The van der Waals surface area contributed by atoms with Gasteiger partial charge in [-0.15, -0.1) is 13.2 Å². The number of ether oxygens (including phenoxy) is 2. The maximum Gasteiger partial charge on any atom is 0.313 e. The van der Waals surface area contributed by atoms with Crippen molar-refractivity contribution in [3.63, 3.8) is 0 Å². The van der Waals surface area contributed by atoms with Crippen molar-refractivity contribution in [2.24, 2.45) is 17.3 Å². The Bertz CT molecular complexity index is 1390. The van der Waals surface area contributed by atoms with Crippen LogP contribution in [-0.4, -0.2) is 92.4 Å². The van der Waals surface area contributed by atoms with Crippen LogP contribution in [0.3, 0.4) is 0 Å². The van der Waals surface area contributed by atoms with Gasteiger partial charge in [0.1, 0.15) is 17.7 Å². The van der Waals surface area contributed by atoms with Crippen LogP contribution in [0.1, 0.15) is 85.3 Å². The van der Waals surface area contributed by atoms with Crippen molar-refractivity contribution >= 4 is 39.6 Å². The standard InChI is InChI=1S/C38H54BrN3O7/c1-9-12-18-28(44)40-21-27(24-16-14-13-15-17-24)48-35(47)29-30-33(45)42(25(11-3)22-43)32(38(30)20-26(39)31(29)49-38)34(46)41(19-10-2)37(7,8)23-36(4,5)6/h9-10,13-17,25-27,29-32,43H,1-2,11-12,18-23H2,3-8H3,(H,40,44)/t25-,26?,27-,29+,30-,31+,32+,38-/m0/s1. The number of allylic oxidation sites excluding steroid dienone is 1. The summed E-state index contributed by atoms with van der Waals surface area (Å²) in [7, 11) is 0. The first-order chi connectivity index (χ1) is 23.1. The van der Waals surface area contributed by atoms with Crippen LogP contribution in [-0.2, 0) is 28.7 Å². The quantitative estimate of drug-likeness (QED) is 0.137. The number of hydrogen-bond donors (Lipinski definition) is 2. The third-order valence-electron chi connectivity index (χ3n) is 10.1. The average Bonchev–Trinajstić information content (AvgIpc) is 3.63. The predicted molar refractivity (Wildman–Crippen MR) is 191 cm³/mol. The molecular formula is C38H54BrN3O7. The molecular weight excluding hydrogens is 690 g/mol. The first-order valence-corrected chi connectivity index (χ1v) is 18.3. The summed E-state index contributed by atoms with van der Waals surface area (Å²) < 4.78 is 12.9. The lowest BCUT2D eigenvalue weighted by atomic mass is 9.70. The van der Waals surface area contributed by atoms with Gasteiger partial charge in [0, 0.05) is 23.3 Å². The van der Waals surface area contributed by atoms with E-state index in [1.165, 1.54) is 4.90 Å². The first kappa shape index (κ1) is 38.8. The van der Waals surface area contributed by atoms with Gasteiger partial charge in [0.25, 0.3) is 0 Å². The van der Waals surface area contributed by atoms with Gasteiger partial charge in [-0.1, -0.05) is 86.1 Å². The Balaban J connectivity index is 1.73. The zero-order valence-corrected chi connectivity index (χ0v) is 31.4. The van der Waals surface area contributed by atoms with Gasteiger partial charge in [0.2, 0.25) is 17.7 Å². The highest BCUT2D eigenvalue weighted by Crippen LogP contribution is 2.61. The summed E-state index contributed by atoms with van der Waals surface area (Å²) >= 11 is 3.74. The van der Waals surface area contributed by atoms with Gasteiger partial charge in [0.15, 0.2) is 0 Å². The first-order valence-electron chi connectivity index (χ1n) is 17.4. The molecule has 49 heavy (non-hydrogen) atoms. The Kier molecular flexibility index (Phi) is 12.2. The van der Waals surface area contributed by atoms with Gasteiger partial charge in [-0.3, -0.25) is 19.2 Å². The molecule has 10 nitrogen and oxygen atoms in total. The van der Waals surface area contributed by atoms with E-state index in [1.54, 1.807) is 17.1 Å². The van der Waals surface area contributed by atoms with Crippen molar-refractivity contribution < 1.29 is 33.8 Å². The van der Waals surface area contributed by atoms with E-state index in [1.807, 2.05) is 51.1 Å². The molecule has 3 fully saturated rings. The smallest absolute Gasteiger partial charge is 0.313 e. The van der Waals surface area contributed by atoms with Crippen LogP contribution in [0.4, 0.5) is 0 Å². The molecule has 0 saturated carbocycles. The zero-order chi connectivity index (χ0) is 36.3. The Morgan fingerprint density at radius 1 is 1.18 bits per heavy atom. The summed E-state index contributed by atoms with van der Waals surface area (Å²) in [6, 6.07) is 7.40. The van der Waals surface area contributed by atoms with Gasteiger partial charge in [-0.05, 0) is 50.5 Å². The molecule has 3 saturated heterocycles. The number of nitrogens with zero attached hydrogens (tertiary/aromatic N) is 2. The number of esters is 1. The SMILES string of the molecule is C=CCCC(=O)NC[C@H](OC(=O)[C@H]1[C@@H]2O[C@@]3(CC2Br)[C@@H]1C(=O)N([C@@H](CC)CO)[C@@H]3C(=O)N(CC=C)C(C)(C)CC(C)(C)C)c1ccccc1. The van der Waals surface area contributed by atoms with Gasteiger partial charge < -0.3 is 29.7 Å². The highest BCUT2D eigenvalue weighted by molar-refractivity contribution is 9.09. The Morgan fingerprint density at radius 2 is 1.86 bits per heavy atom. The number of aliphatic hydroxyl groups is 1. The van der Waals surface area contributed by atoms with Crippen LogP contribution >= 0.6 is 15.9 Å². The lowest BCUT2D eigenvalue weighted by molar-refractivity contribution is -0.161. The number of fused-ring (bicyclic) bond motifs is 1. The van der Waals surface area contributed by atoms with E-state index in [0.29, 0.717) is 31.2 Å². The Hall–Kier alpha value is -3.02. The summed E-state index contributed by atoms with van der Waals surface area (Å²) in [5, 5.41) is 13.4. The van der Waals surface area contributed by atoms with Crippen LogP contribution in [0.25, 0.3) is 0 Å². The number of carbonyl (C=O) groups excluding carboxylic acids is 4. The molecule has 8 atom stereocenters. The summed E-state index contributed by atoms with van der Waals surface area (Å²) in [6.45, 7) is 19.8. The molecule has 270 valence electrons. The van der Waals surface area contributed by atoms with E-state index in [9.17, 15) is 19.5 Å². The number of likely N-dealkylation sites (tertiary alicyclic amines) is 1. The molecule has 1 aromatic rings. The summed E-state index contributed by atoms with van der Waals surface area (Å²) in [5.41, 5.74) is -1.35. The maximum atomic E-state index is 15.0. The lowest BCUT2D eigenvalue weighted by Gasteiger charge is -2.46. The fraction of sp³-hybridized carbons (Fsp3) is 0.632. The summed E-state index contributed by atoms with van der Waals surface area (Å²) in [5.74, 6) is -3.54. The number of rotatable bonds is 16. The third-order valence-corrected chi connectivity index (χ3v) is 10.9. The number of carbonyl (C=O) groups is 4. The minimum absolute atomic E-state index is 0.0422. The maximum absolute atomic E-state index is 15.0. The van der Waals surface area contributed by atoms with Crippen LogP contribution < -0.4 is 5.32 Å². The number of alkyl halides is 1. The van der Waals surface area contributed by atoms with Crippen molar-refractivity contribution in [2.75, 3.05) is 19.7 Å². The second-order valence-electron chi connectivity index (χ2n) is 15.4. The van der Waals surface area contributed by atoms with Gasteiger partial charge >= 0.3 is 5.97 Å². The molecule has 4 rings (SSSR count). The van der Waals surface area contributed by atoms with Crippen LogP contribution in [0.5, 0.6) is 0 Å². The number of benzene rings is 1. The minimum Gasteiger partial charge on any atom is -0.455 e. The molecule has 0 aromatic heterocycles. The third kappa shape index (κ3) is 7.84. The zero-order valence-electron chi connectivity index (χ0n) is 29.8. The molecule has 2 bridgehead atoms. The van der Waals surface area contributed by atoms with E-state index in [0.717, 1.165) is 0 Å². The van der Waals surface area contributed by atoms with Crippen LogP contribution in [0.15, 0.2) is 55.6 Å². The predicted octanol–water partition coefficient (Wildman–Crippen LogP) is 5.10. The fourth-order valence-electron chi connectivity index (χ4n) is 8.37. The topological polar surface area (TPSA) is 125 Å². The molecule has 3 aliphatic heterocycles. The van der Waals surface area contributed by atoms with Gasteiger partial charge in [-0.25, -0.2) is 0 Å². The van der Waals surface area contributed by atoms with Crippen molar-refractivity contribution in [1.29, 1.82) is 0 Å². The van der Waals surface area contributed by atoms with E-state index in [2.05, 4.69) is 55.2 Å². The molecule has 3 aliphatic rings. The highest BCUT2D eigenvalue weighted by atomic mass is 79.9. The van der Waals surface area contributed by atoms with Crippen molar-refractivity contribution in [3.05, 3.63) is 61.2 Å². The molecule has 11 heteroatoms. The second-order valence-corrected chi connectivity index (χ2v) is 16.6. The molecule has 1 aromatic carbocycles. The highest BCUT2D eigenvalue weighted by Gasteiger charge is 2.77. The molecule has 1 spiro atoms. The molecule has 3 heterocycles. The number of hydrogen-bond acceptors (Lipinski definition) is 7. The summed E-state index contributed by atoms with van der Waals surface area (Å²) in [4.78, 5) is 59.4. The molecule has 3 amide bonds. The monoisotopic (exact) mass is 743 g/mol. The summed E-state index contributed by atoms with van der Waals surface area (Å²) in [6.07, 6.45) is 3.99. The van der Waals surface area contributed by atoms with Gasteiger partial charge in [0.05, 0.1) is 37.1 Å². The van der Waals surface area contributed by atoms with Crippen molar-refractivity contribution in [3.8, 4) is 0 Å². The normalized spacial score (nSPS) is 27.3. The lowest BCUT2D eigenvalue weighted by Crippen LogP contribution is -2.62. The van der Waals surface area contributed by atoms with E-state index in [-0.39, 0.29) is 48.2 Å². The van der Waals surface area contributed by atoms with E-state index < -0.39 is 59.1 Å². The fourth-order valence-corrected chi connectivity index (χ4v) is 9.31. The van der Waals surface area contributed by atoms with Crippen molar-refractivity contribution in [2.45, 2.75) is 114 Å². The molecule has 2 N–H and O–H groups in total. The van der Waals surface area contributed by atoms with Crippen molar-refractivity contribution in [1.82, 2.24) is 15.1 Å². The molecule has 0 aliphatic carbocycles. The van der Waals surface area contributed by atoms with Crippen LogP contribution in [0.2, 0.25) is 0 Å². The number of nitrogens with one attached hydrogen (secondary N) is 1. The second kappa shape index (κ2) is 15.5. The number of amides is 3. The Morgan fingerprint density at radius 3 is 2.43 bits per heavy atom. The number of aliphatic hydroxyl groups excluding tert-OH is 1. The van der Waals surface area contributed by atoms with E-state index in [4.69, 9.17) is 9.47 Å². The van der Waals surface area contributed by atoms with Gasteiger partial charge in [-0.2, -0.15) is 0 Å². The number of halogens is 1. The largest absolute Gasteiger partial charge is 0.455 e.